The quantitative estimate of drug-likeness (QED) is 0.549. The van der Waals surface area contributed by atoms with E-state index in [0.29, 0.717) is 6.07 Å². The van der Waals surface area contributed by atoms with E-state index in [9.17, 15) is 26.7 Å². The summed E-state index contributed by atoms with van der Waals surface area (Å²) in [5, 5.41) is 2.26. The van der Waals surface area contributed by atoms with E-state index in [1.165, 1.54) is 17.1 Å². The summed E-state index contributed by atoms with van der Waals surface area (Å²) in [6, 6.07) is 3.60. The molecule has 0 fully saturated rings. The highest BCUT2D eigenvalue weighted by Crippen LogP contribution is 2.32. The van der Waals surface area contributed by atoms with Crippen molar-refractivity contribution in [1.82, 2.24) is 14.5 Å². The molecule has 28 heavy (non-hydrogen) atoms. The Labute approximate surface area is 156 Å². The molecule has 11 heteroatoms. The second-order valence-corrected chi connectivity index (χ2v) is 5.74. The highest BCUT2D eigenvalue weighted by atomic mass is 19.4. The SMILES string of the molecule is [B]c1cn(-c2ncc(NC(=O)Cc3cccc(C(F)(F)F)c3F)cc2F)cn1. The summed E-state index contributed by atoms with van der Waals surface area (Å²) in [4.78, 5) is 19.6. The first-order valence-corrected chi connectivity index (χ1v) is 7.75. The van der Waals surface area contributed by atoms with Crippen molar-refractivity contribution in [3.8, 4) is 5.82 Å². The number of benzene rings is 1. The molecular weight excluding hydrogens is 382 g/mol. The number of pyridine rings is 1. The highest BCUT2D eigenvalue weighted by molar-refractivity contribution is 6.30. The molecule has 0 aliphatic rings. The van der Waals surface area contributed by atoms with Gasteiger partial charge in [0.1, 0.15) is 13.7 Å². The number of carbonyl (C=O) groups excluding carboxylic acids is 1. The standard InChI is InChI=1S/C17H10BF5N4O/c18-13-7-27(8-25-13)16-12(19)5-10(6-24-16)26-14(28)4-9-2-1-3-11(15(9)20)17(21,22)23/h1-3,5-8H,4H2,(H,26,28). The average molecular weight is 392 g/mol. The van der Waals surface area contributed by atoms with Crippen LogP contribution in [-0.2, 0) is 17.4 Å². The van der Waals surface area contributed by atoms with E-state index >= 15 is 0 Å². The molecule has 0 bridgehead atoms. The Morgan fingerprint density at radius 1 is 1.21 bits per heavy atom. The molecule has 142 valence electrons. The molecule has 5 nitrogen and oxygen atoms in total. The van der Waals surface area contributed by atoms with Gasteiger partial charge in [-0.3, -0.25) is 14.3 Å². The number of imidazole rings is 1. The van der Waals surface area contributed by atoms with E-state index < -0.39 is 41.3 Å². The van der Waals surface area contributed by atoms with Crippen LogP contribution in [0.15, 0.2) is 43.0 Å². The minimum atomic E-state index is -4.88. The molecule has 0 saturated heterocycles. The Morgan fingerprint density at radius 2 is 1.96 bits per heavy atom. The van der Waals surface area contributed by atoms with Crippen LogP contribution in [-0.4, -0.2) is 28.3 Å². The van der Waals surface area contributed by atoms with Gasteiger partial charge in [0.25, 0.3) is 0 Å². The van der Waals surface area contributed by atoms with Crippen molar-refractivity contribution in [1.29, 1.82) is 0 Å². The van der Waals surface area contributed by atoms with Gasteiger partial charge >= 0.3 is 6.18 Å². The first-order valence-electron chi connectivity index (χ1n) is 7.75. The van der Waals surface area contributed by atoms with Crippen LogP contribution in [0.2, 0.25) is 0 Å². The molecule has 1 amide bonds. The molecular formula is C17H10BF5N4O. The number of aromatic nitrogens is 3. The summed E-state index contributed by atoms with van der Waals surface area (Å²) in [5.41, 5.74) is -1.80. The minimum Gasteiger partial charge on any atom is -0.324 e. The first-order chi connectivity index (χ1) is 13.1. The summed E-state index contributed by atoms with van der Waals surface area (Å²) < 4.78 is 67.6. The second kappa shape index (κ2) is 7.41. The zero-order chi connectivity index (χ0) is 20.5. The molecule has 0 aliphatic heterocycles. The average Bonchev–Trinajstić information content (AvgIpc) is 3.02. The number of halogens is 5. The first kappa shape index (κ1) is 19.5. The van der Waals surface area contributed by atoms with Gasteiger partial charge in [0.15, 0.2) is 11.6 Å². The van der Waals surface area contributed by atoms with Crippen molar-refractivity contribution in [2.45, 2.75) is 12.6 Å². The van der Waals surface area contributed by atoms with E-state index in [1.54, 1.807) is 0 Å². The van der Waals surface area contributed by atoms with Crippen LogP contribution < -0.4 is 10.9 Å². The number of hydrogen-bond donors (Lipinski definition) is 1. The summed E-state index contributed by atoms with van der Waals surface area (Å²) in [6.45, 7) is 0. The Hall–Kier alpha value is -3.24. The van der Waals surface area contributed by atoms with E-state index in [2.05, 4.69) is 15.3 Å². The molecule has 2 radical (unpaired) electrons. The van der Waals surface area contributed by atoms with Crippen molar-refractivity contribution in [3.63, 3.8) is 0 Å². The van der Waals surface area contributed by atoms with Gasteiger partial charge in [-0.1, -0.05) is 12.1 Å². The fourth-order valence-corrected chi connectivity index (χ4v) is 2.46. The van der Waals surface area contributed by atoms with Crippen LogP contribution in [0.5, 0.6) is 0 Å². The van der Waals surface area contributed by atoms with E-state index in [-0.39, 0.29) is 17.1 Å². The topological polar surface area (TPSA) is 59.8 Å². The number of nitrogens with one attached hydrogen (secondary N) is 1. The Morgan fingerprint density at radius 3 is 2.57 bits per heavy atom. The lowest BCUT2D eigenvalue weighted by atomic mass is 10.1. The van der Waals surface area contributed by atoms with Gasteiger partial charge in [0.2, 0.25) is 5.91 Å². The molecule has 0 atom stereocenters. The third kappa shape index (κ3) is 4.18. The molecule has 1 N–H and O–H groups in total. The second-order valence-electron chi connectivity index (χ2n) is 5.74. The molecule has 1 aromatic carbocycles. The summed E-state index contributed by atoms with van der Waals surface area (Å²) in [5.74, 6) is -3.28. The fourth-order valence-electron chi connectivity index (χ4n) is 2.46. The molecule has 2 aromatic heterocycles. The molecule has 0 saturated carbocycles. The van der Waals surface area contributed by atoms with Crippen molar-refractivity contribution >= 4 is 25.0 Å². The third-order valence-electron chi connectivity index (χ3n) is 3.69. The maximum absolute atomic E-state index is 14.2. The number of amides is 1. The van der Waals surface area contributed by atoms with Gasteiger partial charge in [0, 0.05) is 17.9 Å². The van der Waals surface area contributed by atoms with Gasteiger partial charge in [-0.05, 0) is 11.6 Å². The van der Waals surface area contributed by atoms with Crippen LogP contribution in [0.3, 0.4) is 0 Å². The van der Waals surface area contributed by atoms with Gasteiger partial charge < -0.3 is 5.32 Å². The van der Waals surface area contributed by atoms with Crippen LogP contribution >= 0.6 is 0 Å². The largest absolute Gasteiger partial charge is 0.419 e. The number of carbonyl (C=O) groups is 1. The van der Waals surface area contributed by atoms with Crippen molar-refractivity contribution < 1.29 is 26.7 Å². The Kier molecular flexibility index (Phi) is 5.17. The summed E-state index contributed by atoms with van der Waals surface area (Å²) in [7, 11) is 5.44. The smallest absolute Gasteiger partial charge is 0.324 e. The zero-order valence-electron chi connectivity index (χ0n) is 14.0. The van der Waals surface area contributed by atoms with Gasteiger partial charge in [0.05, 0.1) is 30.2 Å². The predicted octanol–water partition coefficient (Wildman–Crippen LogP) is 2.54. The molecule has 3 aromatic rings. The summed E-state index contributed by atoms with van der Waals surface area (Å²) in [6.07, 6.45) is -1.84. The lowest BCUT2D eigenvalue weighted by molar-refractivity contribution is -0.140. The monoisotopic (exact) mass is 392 g/mol. The molecule has 3 rings (SSSR count). The fraction of sp³-hybridized carbons (Fsp3) is 0.118. The lowest BCUT2D eigenvalue weighted by Gasteiger charge is -2.11. The molecule has 0 aliphatic carbocycles. The van der Waals surface area contributed by atoms with Crippen molar-refractivity contribution in [3.05, 3.63) is 65.7 Å². The lowest BCUT2D eigenvalue weighted by Crippen LogP contribution is -2.17. The molecule has 2 heterocycles. The van der Waals surface area contributed by atoms with Crippen LogP contribution in [0.25, 0.3) is 5.82 Å². The zero-order valence-corrected chi connectivity index (χ0v) is 14.0. The Bertz CT molecular complexity index is 1030. The van der Waals surface area contributed by atoms with Crippen molar-refractivity contribution in [2.75, 3.05) is 5.32 Å². The van der Waals surface area contributed by atoms with Crippen LogP contribution in [0, 0.1) is 11.6 Å². The summed E-state index contributed by atoms with van der Waals surface area (Å²) >= 11 is 0. The van der Waals surface area contributed by atoms with E-state index in [0.717, 1.165) is 24.4 Å². The number of alkyl halides is 3. The van der Waals surface area contributed by atoms with E-state index in [4.69, 9.17) is 7.85 Å². The van der Waals surface area contributed by atoms with Crippen molar-refractivity contribution in [2.24, 2.45) is 0 Å². The Balaban J connectivity index is 1.75. The maximum Gasteiger partial charge on any atom is 0.419 e. The minimum absolute atomic E-state index is 0.0493. The maximum atomic E-state index is 14.2. The number of rotatable bonds is 4. The predicted molar refractivity (Wildman–Crippen MR) is 90.4 cm³/mol. The highest BCUT2D eigenvalue weighted by Gasteiger charge is 2.34. The van der Waals surface area contributed by atoms with E-state index in [1.807, 2.05) is 0 Å². The molecule has 0 unspecified atom stereocenters. The van der Waals surface area contributed by atoms with Crippen LogP contribution in [0.4, 0.5) is 27.6 Å². The number of anilines is 1. The molecule has 0 spiro atoms. The van der Waals surface area contributed by atoms with Crippen LogP contribution in [0.1, 0.15) is 11.1 Å². The van der Waals surface area contributed by atoms with Gasteiger partial charge in [-0.25, -0.2) is 13.8 Å². The van der Waals surface area contributed by atoms with Gasteiger partial charge in [-0.2, -0.15) is 13.2 Å². The normalized spacial score (nSPS) is 11.5. The number of hydrogen-bond acceptors (Lipinski definition) is 3. The third-order valence-corrected chi connectivity index (χ3v) is 3.69. The van der Waals surface area contributed by atoms with Gasteiger partial charge in [-0.15, -0.1) is 0 Å². The number of nitrogens with zero attached hydrogens (tertiary/aromatic N) is 3.